The summed E-state index contributed by atoms with van der Waals surface area (Å²) in [5.41, 5.74) is 0.271. The minimum atomic E-state index is -0.605. The van der Waals surface area contributed by atoms with E-state index >= 15 is 0 Å². The third kappa shape index (κ3) is 6.85. The molecule has 0 saturated heterocycles. The second-order valence-corrected chi connectivity index (χ2v) is 6.37. The van der Waals surface area contributed by atoms with E-state index in [4.69, 9.17) is 21.1 Å². The number of carbonyl (C=O) groups excluding carboxylic acids is 2. The highest BCUT2D eigenvalue weighted by atomic mass is 35.5. The second-order valence-electron chi connectivity index (χ2n) is 4.77. The summed E-state index contributed by atoms with van der Waals surface area (Å²) in [4.78, 5) is 29.7. The first-order valence-electron chi connectivity index (χ1n) is 7.61. The summed E-state index contributed by atoms with van der Waals surface area (Å²) in [5, 5.41) is 1.71. The van der Waals surface area contributed by atoms with E-state index in [1.807, 2.05) is 6.92 Å². The lowest BCUT2D eigenvalue weighted by Gasteiger charge is -2.22. The molecule has 0 fully saturated rings. The molecule has 1 aromatic rings. The van der Waals surface area contributed by atoms with Crippen molar-refractivity contribution in [2.45, 2.75) is 39.1 Å². The molecule has 8 heteroatoms. The minimum absolute atomic E-state index is 0.156. The number of amides is 1. The summed E-state index contributed by atoms with van der Waals surface area (Å²) in [7, 11) is 0. The quantitative estimate of drug-likeness (QED) is 0.363. The number of rotatable bonds is 10. The molecule has 130 valence electrons. The Morgan fingerprint density at radius 3 is 2.74 bits per heavy atom. The molecule has 0 aromatic carbocycles. The van der Waals surface area contributed by atoms with E-state index in [1.165, 1.54) is 11.3 Å². The Bertz CT molecular complexity index is 507. The first-order chi connectivity index (χ1) is 11.0. The van der Waals surface area contributed by atoms with Crippen molar-refractivity contribution in [1.82, 2.24) is 9.88 Å². The van der Waals surface area contributed by atoms with Crippen LogP contribution in [0.2, 0.25) is 0 Å². The van der Waals surface area contributed by atoms with Crippen molar-refractivity contribution >= 4 is 34.8 Å². The zero-order valence-corrected chi connectivity index (χ0v) is 15.3. The number of halogens is 1. The van der Waals surface area contributed by atoms with Gasteiger partial charge >= 0.3 is 5.97 Å². The molecule has 1 amide bonds. The van der Waals surface area contributed by atoms with E-state index in [2.05, 4.69) is 4.98 Å². The molecule has 1 heterocycles. The van der Waals surface area contributed by atoms with Crippen LogP contribution in [-0.4, -0.2) is 53.5 Å². The van der Waals surface area contributed by atoms with Crippen molar-refractivity contribution in [1.29, 1.82) is 0 Å². The van der Waals surface area contributed by atoms with Gasteiger partial charge in [0, 0.05) is 25.1 Å². The van der Waals surface area contributed by atoms with Gasteiger partial charge in [0.15, 0.2) is 5.69 Å². The molecule has 1 rings (SSSR count). The van der Waals surface area contributed by atoms with Crippen LogP contribution in [0.5, 0.6) is 0 Å². The first-order valence-corrected chi connectivity index (χ1v) is 8.93. The van der Waals surface area contributed by atoms with Gasteiger partial charge in [-0.25, -0.2) is 9.78 Å². The van der Waals surface area contributed by atoms with Crippen LogP contribution in [0.3, 0.4) is 0 Å². The third-order valence-electron chi connectivity index (χ3n) is 2.94. The van der Waals surface area contributed by atoms with Gasteiger partial charge in [-0.3, -0.25) is 4.79 Å². The third-order valence-corrected chi connectivity index (χ3v) is 3.96. The second kappa shape index (κ2) is 10.6. The fraction of sp³-hybridized carbons (Fsp3) is 0.667. The smallest absolute Gasteiger partial charge is 0.357 e. The van der Waals surface area contributed by atoms with Gasteiger partial charge in [-0.05, 0) is 27.2 Å². The molecule has 23 heavy (non-hydrogen) atoms. The SMILES string of the molecule is CCOCCCN(Cc1nc(C(=O)OCC)cs1)C(=O)[C@@H](C)Cl. The lowest BCUT2D eigenvalue weighted by Crippen LogP contribution is -2.36. The number of esters is 1. The van der Waals surface area contributed by atoms with E-state index in [9.17, 15) is 9.59 Å². The Morgan fingerprint density at radius 1 is 1.39 bits per heavy atom. The average molecular weight is 363 g/mol. The molecule has 1 atom stereocenters. The highest BCUT2D eigenvalue weighted by Crippen LogP contribution is 2.15. The Kier molecular flexibility index (Phi) is 9.13. The van der Waals surface area contributed by atoms with Crippen LogP contribution in [0.1, 0.15) is 42.7 Å². The summed E-state index contributed by atoms with van der Waals surface area (Å²) in [5.74, 6) is -0.606. The van der Waals surface area contributed by atoms with Crippen molar-refractivity contribution in [2.75, 3.05) is 26.4 Å². The molecule has 0 N–H and O–H groups in total. The standard InChI is InChI=1S/C15H23ClN2O4S/c1-4-21-8-6-7-18(14(19)11(3)16)9-13-17-12(10-23-13)15(20)22-5-2/h10-11H,4-9H2,1-3H3/t11-/m1/s1. The molecule has 0 spiro atoms. The van der Waals surface area contributed by atoms with E-state index in [0.29, 0.717) is 37.9 Å². The fourth-order valence-corrected chi connectivity index (χ4v) is 2.78. The summed E-state index contributed by atoms with van der Waals surface area (Å²) in [6, 6.07) is 0. The molecule has 0 aliphatic heterocycles. The van der Waals surface area contributed by atoms with Crippen molar-refractivity contribution in [3.63, 3.8) is 0 Å². The van der Waals surface area contributed by atoms with Crippen LogP contribution in [0.25, 0.3) is 0 Å². The molecular formula is C15H23ClN2O4S. The Balaban J connectivity index is 2.68. The maximum atomic E-state index is 12.2. The molecule has 1 aromatic heterocycles. The topological polar surface area (TPSA) is 68.7 Å². The predicted octanol–water partition coefficient (Wildman–Crippen LogP) is 2.70. The van der Waals surface area contributed by atoms with Gasteiger partial charge in [0.1, 0.15) is 10.4 Å². The van der Waals surface area contributed by atoms with Gasteiger partial charge in [0.25, 0.3) is 0 Å². The highest BCUT2D eigenvalue weighted by Gasteiger charge is 2.21. The highest BCUT2D eigenvalue weighted by molar-refractivity contribution is 7.09. The fourth-order valence-electron chi connectivity index (χ4n) is 1.87. The Labute approximate surface area is 145 Å². The van der Waals surface area contributed by atoms with Gasteiger partial charge in [-0.2, -0.15) is 0 Å². The van der Waals surface area contributed by atoms with Gasteiger partial charge in [0.2, 0.25) is 5.91 Å². The number of thiazole rings is 1. The number of ether oxygens (including phenoxy) is 2. The molecule has 0 aliphatic carbocycles. The number of nitrogens with zero attached hydrogens (tertiary/aromatic N) is 2. The molecule has 0 bridgehead atoms. The van der Waals surface area contributed by atoms with Crippen LogP contribution in [0.4, 0.5) is 0 Å². The number of aromatic nitrogens is 1. The van der Waals surface area contributed by atoms with Crippen LogP contribution in [0, 0.1) is 0 Å². The maximum Gasteiger partial charge on any atom is 0.357 e. The van der Waals surface area contributed by atoms with Crippen LogP contribution >= 0.6 is 22.9 Å². The van der Waals surface area contributed by atoms with E-state index in [1.54, 1.807) is 24.1 Å². The van der Waals surface area contributed by atoms with Gasteiger partial charge in [-0.1, -0.05) is 0 Å². The first kappa shape index (κ1) is 19.9. The predicted molar refractivity (Wildman–Crippen MR) is 89.9 cm³/mol. The Morgan fingerprint density at radius 2 is 2.13 bits per heavy atom. The van der Waals surface area contributed by atoms with Gasteiger partial charge < -0.3 is 14.4 Å². The largest absolute Gasteiger partial charge is 0.461 e. The van der Waals surface area contributed by atoms with Crippen LogP contribution in [-0.2, 0) is 20.8 Å². The van der Waals surface area contributed by atoms with Crippen molar-refractivity contribution in [2.24, 2.45) is 0 Å². The zero-order chi connectivity index (χ0) is 17.2. The summed E-state index contributed by atoms with van der Waals surface area (Å²) >= 11 is 7.24. The van der Waals surface area contributed by atoms with Crippen LogP contribution < -0.4 is 0 Å². The van der Waals surface area contributed by atoms with Crippen molar-refractivity contribution in [3.8, 4) is 0 Å². The minimum Gasteiger partial charge on any atom is -0.461 e. The number of hydrogen-bond donors (Lipinski definition) is 0. The summed E-state index contributed by atoms with van der Waals surface area (Å²) < 4.78 is 10.2. The monoisotopic (exact) mass is 362 g/mol. The Hall–Kier alpha value is -1.18. The number of hydrogen-bond acceptors (Lipinski definition) is 6. The molecule has 0 aliphatic rings. The molecule has 0 unspecified atom stereocenters. The molecule has 0 saturated carbocycles. The summed E-state index contributed by atoms with van der Waals surface area (Å²) in [6.07, 6.45) is 0.722. The zero-order valence-electron chi connectivity index (χ0n) is 13.7. The van der Waals surface area contributed by atoms with Crippen molar-refractivity contribution in [3.05, 3.63) is 16.1 Å². The van der Waals surface area contributed by atoms with E-state index in [-0.39, 0.29) is 11.6 Å². The van der Waals surface area contributed by atoms with Gasteiger partial charge in [-0.15, -0.1) is 22.9 Å². The normalized spacial score (nSPS) is 12.0. The molecule has 0 radical (unpaired) electrons. The number of carbonyl (C=O) groups is 2. The van der Waals surface area contributed by atoms with E-state index in [0.717, 1.165) is 6.42 Å². The molecular weight excluding hydrogens is 340 g/mol. The van der Waals surface area contributed by atoms with Crippen LogP contribution in [0.15, 0.2) is 5.38 Å². The number of alkyl halides is 1. The van der Waals surface area contributed by atoms with E-state index < -0.39 is 11.3 Å². The van der Waals surface area contributed by atoms with Crippen molar-refractivity contribution < 1.29 is 19.1 Å². The lowest BCUT2D eigenvalue weighted by molar-refractivity contribution is -0.131. The summed E-state index contributed by atoms with van der Waals surface area (Å²) in [6.45, 7) is 7.71. The van der Waals surface area contributed by atoms with Gasteiger partial charge in [0.05, 0.1) is 13.2 Å². The maximum absolute atomic E-state index is 12.2. The average Bonchev–Trinajstić information content (AvgIpc) is 2.98. The molecule has 6 nitrogen and oxygen atoms in total. The lowest BCUT2D eigenvalue weighted by atomic mass is 10.3.